The fourth-order valence-corrected chi connectivity index (χ4v) is 2.45. The predicted molar refractivity (Wildman–Crippen MR) is 45.5 cm³/mol. The van der Waals surface area contributed by atoms with Gasteiger partial charge in [-0.2, -0.15) is 0 Å². The quantitative estimate of drug-likeness (QED) is 0.594. The van der Waals surface area contributed by atoms with E-state index in [1.165, 1.54) is 11.8 Å². The van der Waals surface area contributed by atoms with E-state index in [4.69, 9.17) is 0 Å². The second kappa shape index (κ2) is 3.39. The van der Waals surface area contributed by atoms with Gasteiger partial charge in [-0.3, -0.25) is 9.59 Å². The first kappa shape index (κ1) is 8.78. The van der Waals surface area contributed by atoms with Crippen LogP contribution >= 0.6 is 11.8 Å². The van der Waals surface area contributed by atoms with Gasteiger partial charge in [0.05, 0.1) is 11.2 Å². The average molecular weight is 172 g/mol. The number of ketones is 1. The molecule has 1 fully saturated rings. The Morgan fingerprint density at radius 1 is 1.27 bits per heavy atom. The molecule has 2 unspecified atom stereocenters. The Morgan fingerprint density at radius 2 is 1.91 bits per heavy atom. The molecule has 1 aliphatic heterocycles. The number of hydrogen-bond acceptors (Lipinski definition) is 3. The van der Waals surface area contributed by atoms with Crippen molar-refractivity contribution in [1.29, 1.82) is 0 Å². The van der Waals surface area contributed by atoms with E-state index in [-0.39, 0.29) is 22.1 Å². The van der Waals surface area contributed by atoms with Gasteiger partial charge in [-0.15, -0.1) is 0 Å². The van der Waals surface area contributed by atoms with Gasteiger partial charge in [-0.05, 0) is 12.8 Å². The zero-order valence-electron chi connectivity index (χ0n) is 6.79. The Balaban J connectivity index is 2.71. The molecule has 0 aromatic rings. The summed E-state index contributed by atoms with van der Waals surface area (Å²) in [5.74, 6) is -0.157. The molecule has 3 heteroatoms. The third-order valence-corrected chi connectivity index (χ3v) is 3.35. The molecule has 2 nitrogen and oxygen atoms in total. The number of carbonyl (C=O) groups is 2. The number of hydrogen-bond donors (Lipinski definition) is 0. The Labute approximate surface area is 70.7 Å². The first-order chi connectivity index (χ1) is 5.20. The molecule has 0 spiro atoms. The summed E-state index contributed by atoms with van der Waals surface area (Å²) in [5, 5.41) is 0.0248. The van der Waals surface area contributed by atoms with Crippen LogP contribution in [0.1, 0.15) is 26.7 Å². The highest BCUT2D eigenvalue weighted by Gasteiger charge is 2.39. The molecule has 0 saturated carbocycles. The monoisotopic (exact) mass is 172 g/mol. The summed E-state index contributed by atoms with van der Waals surface area (Å²) < 4.78 is 0. The molecule has 0 aromatic carbocycles. The molecule has 1 rings (SSSR count). The van der Waals surface area contributed by atoms with Crippen LogP contribution in [0.3, 0.4) is 0 Å². The normalized spacial score (nSPS) is 31.5. The van der Waals surface area contributed by atoms with Crippen molar-refractivity contribution in [3.05, 3.63) is 0 Å². The first-order valence-corrected chi connectivity index (χ1v) is 4.82. The third kappa shape index (κ3) is 1.48. The van der Waals surface area contributed by atoms with Crippen LogP contribution in [-0.2, 0) is 9.59 Å². The summed E-state index contributed by atoms with van der Waals surface area (Å²) in [4.78, 5) is 22.5. The summed E-state index contributed by atoms with van der Waals surface area (Å²) in [5.41, 5.74) is 0. The van der Waals surface area contributed by atoms with Crippen molar-refractivity contribution >= 4 is 22.7 Å². The van der Waals surface area contributed by atoms with Crippen molar-refractivity contribution in [3.63, 3.8) is 0 Å². The first-order valence-electron chi connectivity index (χ1n) is 3.94. The van der Waals surface area contributed by atoms with Gasteiger partial charge in [0.25, 0.3) is 0 Å². The molecule has 62 valence electrons. The average Bonchev–Trinajstić information content (AvgIpc) is 2.26. The van der Waals surface area contributed by atoms with Crippen LogP contribution in [0.2, 0.25) is 0 Å². The molecule has 0 radical (unpaired) electrons. The molecule has 1 aliphatic rings. The second-order valence-corrected chi connectivity index (χ2v) is 3.90. The minimum atomic E-state index is -0.301. The molecular weight excluding hydrogens is 160 g/mol. The Hall–Kier alpha value is -0.310. The molecule has 1 heterocycles. The summed E-state index contributed by atoms with van der Waals surface area (Å²) in [6.07, 6.45) is 1.45. The standard InChI is InChI=1S/C8H12O2S/c1-3-5-7(9)6(4-2)11-8(5)10/h5-6H,3-4H2,1-2H3. The molecular formula is C8H12O2S. The second-order valence-electron chi connectivity index (χ2n) is 2.70. The van der Waals surface area contributed by atoms with Crippen LogP contribution in [0.4, 0.5) is 0 Å². The van der Waals surface area contributed by atoms with E-state index < -0.39 is 0 Å². The zero-order valence-corrected chi connectivity index (χ0v) is 7.61. The van der Waals surface area contributed by atoms with E-state index in [0.29, 0.717) is 6.42 Å². The van der Waals surface area contributed by atoms with Gasteiger partial charge < -0.3 is 0 Å². The fourth-order valence-electron chi connectivity index (χ4n) is 1.27. The van der Waals surface area contributed by atoms with E-state index in [0.717, 1.165) is 6.42 Å². The summed E-state index contributed by atoms with van der Waals surface area (Å²) in [6.45, 7) is 3.83. The van der Waals surface area contributed by atoms with Crippen LogP contribution in [0.15, 0.2) is 0 Å². The number of rotatable bonds is 2. The highest BCUT2D eigenvalue weighted by atomic mass is 32.2. The van der Waals surface area contributed by atoms with Crippen LogP contribution in [0.25, 0.3) is 0 Å². The molecule has 0 amide bonds. The zero-order chi connectivity index (χ0) is 8.43. The Bertz CT molecular complexity index is 189. The van der Waals surface area contributed by atoms with Crippen LogP contribution < -0.4 is 0 Å². The third-order valence-electron chi connectivity index (χ3n) is 1.98. The highest BCUT2D eigenvalue weighted by Crippen LogP contribution is 2.33. The van der Waals surface area contributed by atoms with Crippen LogP contribution in [0, 0.1) is 5.92 Å². The highest BCUT2D eigenvalue weighted by molar-refractivity contribution is 8.15. The van der Waals surface area contributed by atoms with E-state index in [9.17, 15) is 9.59 Å². The smallest absolute Gasteiger partial charge is 0.200 e. The lowest BCUT2D eigenvalue weighted by Gasteiger charge is -2.01. The number of thioether (sulfide) groups is 1. The number of Topliss-reactive ketones (excluding diaryl/α,β-unsaturated/α-hetero) is 1. The molecule has 0 N–H and O–H groups in total. The lowest BCUT2D eigenvalue weighted by atomic mass is 10.00. The van der Waals surface area contributed by atoms with Crippen molar-refractivity contribution in [2.24, 2.45) is 5.92 Å². The lowest BCUT2D eigenvalue weighted by Crippen LogP contribution is -2.18. The topological polar surface area (TPSA) is 34.1 Å². The summed E-state index contributed by atoms with van der Waals surface area (Å²) in [6, 6.07) is 0. The molecule has 0 aromatic heterocycles. The lowest BCUT2D eigenvalue weighted by molar-refractivity contribution is -0.126. The van der Waals surface area contributed by atoms with Crippen molar-refractivity contribution < 1.29 is 9.59 Å². The predicted octanol–water partition coefficient (Wildman–Crippen LogP) is 1.63. The van der Waals surface area contributed by atoms with Gasteiger partial charge >= 0.3 is 0 Å². The molecule has 2 atom stereocenters. The molecule has 1 saturated heterocycles. The van der Waals surface area contributed by atoms with E-state index >= 15 is 0 Å². The maximum absolute atomic E-state index is 11.3. The summed E-state index contributed by atoms with van der Waals surface area (Å²) >= 11 is 1.22. The van der Waals surface area contributed by atoms with Gasteiger partial charge in [-0.25, -0.2) is 0 Å². The van der Waals surface area contributed by atoms with Gasteiger partial charge in [0.15, 0.2) is 10.9 Å². The maximum Gasteiger partial charge on any atom is 0.200 e. The van der Waals surface area contributed by atoms with Gasteiger partial charge in [0, 0.05) is 0 Å². The molecule has 0 aliphatic carbocycles. The van der Waals surface area contributed by atoms with Crippen molar-refractivity contribution in [3.8, 4) is 0 Å². The molecule has 0 bridgehead atoms. The van der Waals surface area contributed by atoms with Crippen molar-refractivity contribution in [1.82, 2.24) is 0 Å². The largest absolute Gasteiger partial charge is 0.298 e. The Morgan fingerprint density at radius 3 is 2.18 bits per heavy atom. The van der Waals surface area contributed by atoms with Gasteiger partial charge in [-0.1, -0.05) is 25.6 Å². The maximum atomic E-state index is 11.3. The summed E-state index contributed by atoms with van der Waals surface area (Å²) in [7, 11) is 0. The van der Waals surface area contributed by atoms with Crippen molar-refractivity contribution in [2.45, 2.75) is 31.9 Å². The minimum Gasteiger partial charge on any atom is -0.298 e. The van der Waals surface area contributed by atoms with E-state index in [2.05, 4.69) is 0 Å². The minimum absolute atomic E-state index is 0.0487. The number of carbonyl (C=O) groups excluding carboxylic acids is 2. The Kier molecular flexibility index (Phi) is 2.71. The van der Waals surface area contributed by atoms with E-state index in [1.54, 1.807) is 0 Å². The van der Waals surface area contributed by atoms with Gasteiger partial charge in [0.1, 0.15) is 0 Å². The SMILES string of the molecule is CCC1SC(=O)C(CC)C1=O. The fraction of sp³-hybridized carbons (Fsp3) is 0.750. The molecule has 11 heavy (non-hydrogen) atoms. The van der Waals surface area contributed by atoms with E-state index in [1.807, 2.05) is 13.8 Å². The van der Waals surface area contributed by atoms with Gasteiger partial charge in [0.2, 0.25) is 0 Å². The van der Waals surface area contributed by atoms with Crippen LogP contribution in [-0.4, -0.2) is 16.1 Å². The van der Waals surface area contributed by atoms with Crippen molar-refractivity contribution in [2.75, 3.05) is 0 Å². The van der Waals surface area contributed by atoms with Crippen LogP contribution in [0.5, 0.6) is 0 Å².